The predicted molar refractivity (Wildman–Crippen MR) is 110 cm³/mol. The molecule has 0 saturated carbocycles. The molecule has 30 heavy (non-hydrogen) atoms. The predicted octanol–water partition coefficient (Wildman–Crippen LogP) is 3.81. The number of halogens is 1. The molecule has 0 radical (unpaired) electrons. The van der Waals surface area contributed by atoms with Crippen molar-refractivity contribution >= 4 is 23.1 Å². The molecule has 0 bridgehead atoms. The summed E-state index contributed by atoms with van der Waals surface area (Å²) in [7, 11) is 1.37. The Hall–Kier alpha value is -4.27. The van der Waals surface area contributed by atoms with E-state index in [0.717, 1.165) is 11.8 Å². The van der Waals surface area contributed by atoms with Crippen molar-refractivity contribution in [3.8, 4) is 11.6 Å². The topological polar surface area (TPSA) is 94.0 Å². The van der Waals surface area contributed by atoms with Crippen LogP contribution in [0.3, 0.4) is 0 Å². The van der Waals surface area contributed by atoms with E-state index in [-0.39, 0.29) is 11.3 Å². The molecule has 0 spiro atoms. The molecule has 2 heterocycles. The molecule has 0 saturated heterocycles. The normalized spacial score (nSPS) is 10.5. The van der Waals surface area contributed by atoms with Crippen molar-refractivity contribution in [3.63, 3.8) is 0 Å². The molecule has 0 unspecified atom stereocenters. The highest BCUT2D eigenvalue weighted by Crippen LogP contribution is 2.21. The van der Waals surface area contributed by atoms with Gasteiger partial charge in [-0.2, -0.15) is 0 Å². The SMILES string of the molecule is COc1ccc(C(=O)Nc2ccc(Nc3cc(-n4ccnc4)ncn3)cc2)cc1F. The van der Waals surface area contributed by atoms with Gasteiger partial charge in [0.05, 0.1) is 7.11 Å². The summed E-state index contributed by atoms with van der Waals surface area (Å²) in [6.07, 6.45) is 6.57. The van der Waals surface area contributed by atoms with Crippen molar-refractivity contribution in [2.45, 2.75) is 0 Å². The van der Waals surface area contributed by atoms with Crippen molar-refractivity contribution in [1.82, 2.24) is 19.5 Å². The smallest absolute Gasteiger partial charge is 0.255 e. The maximum absolute atomic E-state index is 13.8. The van der Waals surface area contributed by atoms with E-state index in [1.807, 2.05) is 0 Å². The minimum absolute atomic E-state index is 0.0860. The van der Waals surface area contributed by atoms with Crippen LogP contribution >= 0.6 is 0 Å². The summed E-state index contributed by atoms with van der Waals surface area (Å²) < 4.78 is 20.4. The summed E-state index contributed by atoms with van der Waals surface area (Å²) >= 11 is 0. The lowest BCUT2D eigenvalue weighted by molar-refractivity contribution is 0.102. The van der Waals surface area contributed by atoms with Gasteiger partial charge in [0.25, 0.3) is 5.91 Å². The van der Waals surface area contributed by atoms with Gasteiger partial charge in [-0.1, -0.05) is 0 Å². The number of methoxy groups -OCH3 is 1. The molecule has 0 aliphatic heterocycles. The Balaban J connectivity index is 1.42. The highest BCUT2D eigenvalue weighted by molar-refractivity contribution is 6.04. The van der Waals surface area contributed by atoms with E-state index in [0.29, 0.717) is 17.3 Å². The van der Waals surface area contributed by atoms with Crippen molar-refractivity contribution in [3.05, 3.63) is 85.0 Å². The van der Waals surface area contributed by atoms with Crippen molar-refractivity contribution in [2.75, 3.05) is 17.7 Å². The van der Waals surface area contributed by atoms with E-state index in [9.17, 15) is 9.18 Å². The van der Waals surface area contributed by atoms with Crippen LogP contribution in [-0.4, -0.2) is 32.5 Å². The van der Waals surface area contributed by atoms with Crippen LogP contribution in [0.25, 0.3) is 5.82 Å². The van der Waals surface area contributed by atoms with Gasteiger partial charge >= 0.3 is 0 Å². The monoisotopic (exact) mass is 404 g/mol. The van der Waals surface area contributed by atoms with Gasteiger partial charge in [0, 0.05) is 35.4 Å². The highest BCUT2D eigenvalue weighted by Gasteiger charge is 2.10. The summed E-state index contributed by atoms with van der Waals surface area (Å²) in [6, 6.07) is 12.9. The average molecular weight is 404 g/mol. The Morgan fingerprint density at radius 3 is 2.57 bits per heavy atom. The first-order chi connectivity index (χ1) is 14.6. The summed E-state index contributed by atoms with van der Waals surface area (Å²) in [4.78, 5) is 24.7. The molecule has 0 aliphatic rings. The molecule has 0 aliphatic carbocycles. The molecule has 4 aromatic rings. The third-order valence-electron chi connectivity index (χ3n) is 4.25. The van der Waals surface area contributed by atoms with Crippen LogP contribution < -0.4 is 15.4 Å². The Morgan fingerprint density at radius 2 is 1.87 bits per heavy atom. The number of aromatic nitrogens is 4. The minimum atomic E-state index is -0.593. The highest BCUT2D eigenvalue weighted by atomic mass is 19.1. The summed E-state index contributed by atoms with van der Waals surface area (Å²) in [6.45, 7) is 0. The third kappa shape index (κ3) is 4.25. The molecule has 1 amide bonds. The van der Waals surface area contributed by atoms with Crippen LogP contribution in [0.15, 0.2) is 73.6 Å². The lowest BCUT2D eigenvalue weighted by atomic mass is 10.2. The molecule has 8 nitrogen and oxygen atoms in total. The fourth-order valence-electron chi connectivity index (χ4n) is 2.75. The number of nitrogens with one attached hydrogen (secondary N) is 2. The van der Waals surface area contributed by atoms with Gasteiger partial charge in [-0.15, -0.1) is 0 Å². The van der Waals surface area contributed by atoms with Crippen LogP contribution in [0.1, 0.15) is 10.4 Å². The van der Waals surface area contributed by atoms with Crippen molar-refractivity contribution in [2.24, 2.45) is 0 Å². The zero-order valence-corrected chi connectivity index (χ0v) is 15.9. The summed E-state index contributed by atoms with van der Waals surface area (Å²) in [5.74, 6) is 0.366. The maximum Gasteiger partial charge on any atom is 0.255 e. The molecule has 2 aromatic heterocycles. The van der Waals surface area contributed by atoms with Crippen LogP contribution in [-0.2, 0) is 0 Å². The Labute approximate surface area is 171 Å². The standard InChI is InChI=1S/C21H17FN6O2/c1-30-18-7-2-14(10-17(18)22)21(29)27-16-5-3-15(4-6-16)26-19-11-20(25-12-24-19)28-9-8-23-13-28/h2-13H,1H3,(H,27,29)(H,24,25,26). The molecular weight excluding hydrogens is 387 g/mol. The number of hydrogen-bond acceptors (Lipinski definition) is 6. The molecule has 9 heteroatoms. The maximum atomic E-state index is 13.8. The summed E-state index contributed by atoms with van der Waals surface area (Å²) in [5, 5.41) is 5.91. The molecule has 2 N–H and O–H groups in total. The number of imidazole rings is 1. The fraction of sp³-hybridized carbons (Fsp3) is 0.0476. The zero-order valence-electron chi connectivity index (χ0n) is 15.9. The largest absolute Gasteiger partial charge is 0.494 e. The molecule has 2 aromatic carbocycles. The fourth-order valence-corrected chi connectivity index (χ4v) is 2.75. The Morgan fingerprint density at radius 1 is 1.07 bits per heavy atom. The Bertz CT molecular complexity index is 1160. The van der Waals surface area contributed by atoms with Crippen LogP contribution in [0.4, 0.5) is 21.6 Å². The van der Waals surface area contributed by atoms with Gasteiger partial charge in [-0.3, -0.25) is 9.36 Å². The van der Waals surface area contributed by atoms with E-state index in [1.165, 1.54) is 25.6 Å². The number of anilines is 3. The zero-order chi connectivity index (χ0) is 20.9. The van der Waals surface area contributed by atoms with Crippen molar-refractivity contribution < 1.29 is 13.9 Å². The minimum Gasteiger partial charge on any atom is -0.494 e. The molecule has 4 rings (SSSR count). The van der Waals surface area contributed by atoms with Gasteiger partial charge in [-0.25, -0.2) is 19.3 Å². The van der Waals surface area contributed by atoms with Gasteiger partial charge in [-0.05, 0) is 42.5 Å². The van der Waals surface area contributed by atoms with Gasteiger partial charge < -0.3 is 15.4 Å². The van der Waals surface area contributed by atoms with Gasteiger partial charge in [0.2, 0.25) is 0 Å². The number of carbonyl (C=O) groups excluding carboxylic acids is 1. The van der Waals surface area contributed by atoms with E-state index in [1.54, 1.807) is 53.6 Å². The number of carbonyl (C=O) groups is 1. The molecular formula is C21H17FN6O2. The number of hydrogen-bond donors (Lipinski definition) is 2. The molecule has 150 valence electrons. The van der Waals surface area contributed by atoms with Crippen molar-refractivity contribution in [1.29, 1.82) is 0 Å². The molecule has 0 fully saturated rings. The van der Waals surface area contributed by atoms with E-state index in [2.05, 4.69) is 25.6 Å². The first-order valence-corrected chi connectivity index (χ1v) is 8.95. The van der Waals surface area contributed by atoms with E-state index >= 15 is 0 Å². The second-order valence-electron chi connectivity index (χ2n) is 6.24. The molecule has 0 atom stereocenters. The lowest BCUT2D eigenvalue weighted by Crippen LogP contribution is -2.12. The van der Waals surface area contributed by atoms with Crippen LogP contribution in [0, 0.1) is 5.82 Å². The van der Waals surface area contributed by atoms with E-state index in [4.69, 9.17) is 4.74 Å². The van der Waals surface area contributed by atoms with Crippen LogP contribution in [0.5, 0.6) is 5.75 Å². The third-order valence-corrected chi connectivity index (χ3v) is 4.25. The van der Waals surface area contributed by atoms with Gasteiger partial charge in [0.15, 0.2) is 11.6 Å². The number of benzene rings is 2. The average Bonchev–Trinajstić information content (AvgIpc) is 3.30. The quantitative estimate of drug-likeness (QED) is 0.508. The summed E-state index contributed by atoms with van der Waals surface area (Å²) in [5.41, 5.74) is 1.55. The van der Waals surface area contributed by atoms with Gasteiger partial charge in [0.1, 0.15) is 24.3 Å². The second kappa shape index (κ2) is 8.39. The van der Waals surface area contributed by atoms with Crippen LogP contribution in [0.2, 0.25) is 0 Å². The number of ether oxygens (including phenoxy) is 1. The lowest BCUT2D eigenvalue weighted by Gasteiger charge is -2.10. The first-order valence-electron chi connectivity index (χ1n) is 8.95. The first kappa shape index (κ1) is 19.1. The number of rotatable bonds is 6. The second-order valence-corrected chi connectivity index (χ2v) is 6.24. The van der Waals surface area contributed by atoms with E-state index < -0.39 is 11.7 Å². The Kier molecular flexibility index (Phi) is 5.33. The number of amides is 1. The number of nitrogens with zero attached hydrogens (tertiary/aromatic N) is 4.